The molecule has 1 aliphatic heterocycles. The second kappa shape index (κ2) is 9.36. The van der Waals surface area contributed by atoms with E-state index in [0.717, 1.165) is 74.3 Å². The second-order valence-corrected chi connectivity index (χ2v) is 11.0. The van der Waals surface area contributed by atoms with Crippen molar-refractivity contribution in [2.24, 2.45) is 0 Å². The summed E-state index contributed by atoms with van der Waals surface area (Å²) in [5.74, 6) is 1.23. The Kier molecular flexibility index (Phi) is 5.66. The molecule has 0 saturated carbocycles. The SMILES string of the molecule is CC(=O)N1CCC(n2cc(-c3cnc(N)c4oc(-c5c(-c6ccccc6)sc6cnccc56)cc34)cn2)CC1. The van der Waals surface area contributed by atoms with Gasteiger partial charge in [0, 0.05) is 77.1 Å². The first-order valence-electron chi connectivity index (χ1n) is 13.0. The number of furan rings is 1. The highest BCUT2D eigenvalue weighted by Crippen LogP contribution is 2.47. The zero-order valence-electron chi connectivity index (χ0n) is 21.4. The number of nitrogen functional groups attached to an aromatic ring is 1. The van der Waals surface area contributed by atoms with Crippen LogP contribution in [0.3, 0.4) is 0 Å². The summed E-state index contributed by atoms with van der Waals surface area (Å²) >= 11 is 1.70. The third kappa shape index (κ3) is 4.06. The molecule has 39 heavy (non-hydrogen) atoms. The number of nitrogens with two attached hydrogens (primary N) is 1. The number of amides is 1. The first-order chi connectivity index (χ1) is 19.1. The number of carbonyl (C=O) groups excluding carboxylic acids is 1. The van der Waals surface area contributed by atoms with Crippen LogP contribution in [0.2, 0.25) is 0 Å². The third-order valence-corrected chi connectivity index (χ3v) is 8.75. The van der Waals surface area contributed by atoms with Gasteiger partial charge in [0.1, 0.15) is 5.76 Å². The fraction of sp³-hybridized carbons (Fsp3) is 0.200. The minimum absolute atomic E-state index is 0.130. The van der Waals surface area contributed by atoms with Gasteiger partial charge in [-0.3, -0.25) is 14.5 Å². The number of benzene rings is 1. The molecule has 7 rings (SSSR count). The molecule has 0 bridgehead atoms. The van der Waals surface area contributed by atoms with Gasteiger partial charge in [-0.1, -0.05) is 30.3 Å². The Balaban J connectivity index is 1.32. The summed E-state index contributed by atoms with van der Waals surface area (Å²) in [6.07, 6.45) is 11.2. The van der Waals surface area contributed by atoms with Gasteiger partial charge in [0.15, 0.2) is 11.4 Å². The molecule has 2 N–H and O–H groups in total. The van der Waals surface area contributed by atoms with Crippen LogP contribution in [0.25, 0.3) is 53.9 Å². The Morgan fingerprint density at radius 2 is 1.87 bits per heavy atom. The maximum absolute atomic E-state index is 11.7. The molecule has 9 heteroatoms. The number of piperidine rings is 1. The number of hydrogen-bond acceptors (Lipinski definition) is 7. The van der Waals surface area contributed by atoms with E-state index in [9.17, 15) is 4.79 Å². The number of fused-ring (bicyclic) bond motifs is 2. The van der Waals surface area contributed by atoms with Crippen LogP contribution < -0.4 is 5.73 Å². The number of rotatable bonds is 4. The standard InChI is InChI=1S/C30H26N6O2S/c1-18(37)35-11-8-21(9-12-35)36-17-20(14-34-36)24-15-33-30(31)28-23(24)13-25(38-28)27-22-7-10-32-16-26(22)39-29(27)19-5-3-2-4-6-19/h2-7,10,13-17,21H,8-9,11-12H2,1H3,(H2,31,33). The van der Waals surface area contributed by atoms with Crippen LogP contribution in [0, 0.1) is 0 Å². The van der Waals surface area contributed by atoms with Gasteiger partial charge in [-0.2, -0.15) is 5.10 Å². The van der Waals surface area contributed by atoms with Crippen LogP contribution in [0.5, 0.6) is 0 Å². The summed E-state index contributed by atoms with van der Waals surface area (Å²) < 4.78 is 9.58. The van der Waals surface area contributed by atoms with E-state index in [2.05, 4.69) is 39.5 Å². The maximum Gasteiger partial charge on any atom is 0.219 e. The minimum Gasteiger partial charge on any atom is -0.452 e. The maximum atomic E-state index is 11.7. The van der Waals surface area contributed by atoms with Crippen molar-refractivity contribution in [3.8, 4) is 32.9 Å². The molecule has 1 amide bonds. The van der Waals surface area contributed by atoms with Gasteiger partial charge in [0.2, 0.25) is 5.91 Å². The van der Waals surface area contributed by atoms with E-state index in [1.54, 1.807) is 24.5 Å². The number of hydrogen-bond donors (Lipinski definition) is 1. The Morgan fingerprint density at radius 3 is 2.67 bits per heavy atom. The highest BCUT2D eigenvalue weighted by molar-refractivity contribution is 7.23. The lowest BCUT2D eigenvalue weighted by Crippen LogP contribution is -2.37. The average molecular weight is 535 g/mol. The molecule has 0 aliphatic carbocycles. The molecule has 1 saturated heterocycles. The fourth-order valence-corrected chi connectivity index (χ4v) is 6.69. The van der Waals surface area contributed by atoms with E-state index in [4.69, 9.17) is 10.2 Å². The number of nitrogens with zero attached hydrogens (tertiary/aromatic N) is 5. The smallest absolute Gasteiger partial charge is 0.219 e. The number of likely N-dealkylation sites (tertiary alicyclic amines) is 1. The van der Waals surface area contributed by atoms with Crippen LogP contribution in [0.1, 0.15) is 25.8 Å². The molecule has 1 aliphatic rings. The molecule has 1 fully saturated rings. The van der Waals surface area contributed by atoms with Crippen molar-refractivity contribution in [1.82, 2.24) is 24.6 Å². The lowest BCUT2D eigenvalue weighted by molar-refractivity contribution is -0.130. The molecule has 5 aromatic heterocycles. The normalized spacial score (nSPS) is 14.4. The van der Waals surface area contributed by atoms with Gasteiger partial charge in [-0.05, 0) is 30.5 Å². The van der Waals surface area contributed by atoms with E-state index >= 15 is 0 Å². The lowest BCUT2D eigenvalue weighted by atomic mass is 10.0. The third-order valence-electron chi connectivity index (χ3n) is 7.56. The highest BCUT2D eigenvalue weighted by Gasteiger charge is 2.24. The number of aromatic nitrogens is 4. The van der Waals surface area contributed by atoms with Crippen molar-refractivity contribution in [2.75, 3.05) is 18.8 Å². The van der Waals surface area contributed by atoms with Crippen molar-refractivity contribution >= 4 is 44.1 Å². The summed E-state index contributed by atoms with van der Waals surface area (Å²) in [5, 5.41) is 6.67. The zero-order chi connectivity index (χ0) is 26.5. The fourth-order valence-electron chi connectivity index (χ4n) is 5.51. The highest BCUT2D eigenvalue weighted by atomic mass is 32.1. The van der Waals surface area contributed by atoms with Crippen LogP contribution in [0.4, 0.5) is 5.82 Å². The molecule has 8 nitrogen and oxygen atoms in total. The molecule has 0 spiro atoms. The van der Waals surface area contributed by atoms with E-state index in [1.807, 2.05) is 52.4 Å². The van der Waals surface area contributed by atoms with Crippen molar-refractivity contribution < 1.29 is 9.21 Å². The molecular weight excluding hydrogens is 508 g/mol. The zero-order valence-corrected chi connectivity index (χ0v) is 22.2. The second-order valence-electron chi connectivity index (χ2n) is 9.90. The first kappa shape index (κ1) is 23.6. The van der Waals surface area contributed by atoms with Crippen molar-refractivity contribution in [2.45, 2.75) is 25.8 Å². The minimum atomic E-state index is 0.130. The molecule has 194 valence electrons. The predicted octanol–water partition coefficient (Wildman–Crippen LogP) is 6.40. The van der Waals surface area contributed by atoms with E-state index < -0.39 is 0 Å². The Hall–Kier alpha value is -4.50. The Labute approximate surface area is 228 Å². The number of carbonyl (C=O) groups is 1. The molecule has 1 aromatic carbocycles. The van der Waals surface area contributed by atoms with E-state index in [0.29, 0.717) is 11.4 Å². The van der Waals surface area contributed by atoms with Crippen LogP contribution in [0.15, 0.2) is 77.9 Å². The molecule has 0 atom stereocenters. The molecule has 6 heterocycles. The monoisotopic (exact) mass is 534 g/mol. The van der Waals surface area contributed by atoms with Gasteiger partial charge >= 0.3 is 0 Å². The van der Waals surface area contributed by atoms with Gasteiger partial charge in [0.25, 0.3) is 0 Å². The predicted molar refractivity (Wildman–Crippen MR) is 154 cm³/mol. The van der Waals surface area contributed by atoms with Crippen molar-refractivity contribution in [3.63, 3.8) is 0 Å². The Morgan fingerprint density at radius 1 is 1.05 bits per heavy atom. The molecule has 0 unspecified atom stereocenters. The topological polar surface area (TPSA) is 103 Å². The van der Waals surface area contributed by atoms with Crippen molar-refractivity contribution in [3.05, 3.63) is 73.4 Å². The average Bonchev–Trinajstić information content (AvgIpc) is 3.71. The number of pyridine rings is 2. The van der Waals surface area contributed by atoms with Gasteiger partial charge in [0.05, 0.1) is 16.9 Å². The Bertz CT molecular complexity index is 1830. The summed E-state index contributed by atoms with van der Waals surface area (Å²) in [6.45, 7) is 3.13. The number of thiophene rings is 1. The van der Waals surface area contributed by atoms with Gasteiger partial charge in [-0.15, -0.1) is 11.3 Å². The molecular formula is C30H26N6O2S. The quantitative estimate of drug-likeness (QED) is 0.281. The van der Waals surface area contributed by atoms with E-state index in [-0.39, 0.29) is 11.9 Å². The van der Waals surface area contributed by atoms with Crippen LogP contribution in [-0.4, -0.2) is 43.6 Å². The van der Waals surface area contributed by atoms with Crippen molar-refractivity contribution in [1.29, 1.82) is 0 Å². The summed E-state index contributed by atoms with van der Waals surface area (Å²) in [7, 11) is 0. The van der Waals surface area contributed by atoms with Crippen LogP contribution in [-0.2, 0) is 4.79 Å². The first-order valence-corrected chi connectivity index (χ1v) is 13.8. The molecule has 0 radical (unpaired) electrons. The summed E-state index contributed by atoms with van der Waals surface area (Å²) in [4.78, 5) is 23.5. The molecule has 6 aromatic rings. The largest absolute Gasteiger partial charge is 0.452 e. The lowest BCUT2D eigenvalue weighted by Gasteiger charge is -2.31. The van der Waals surface area contributed by atoms with Gasteiger partial charge in [-0.25, -0.2) is 4.98 Å². The summed E-state index contributed by atoms with van der Waals surface area (Å²) in [5.41, 5.74) is 10.9. The van der Waals surface area contributed by atoms with Crippen LogP contribution >= 0.6 is 11.3 Å². The van der Waals surface area contributed by atoms with Gasteiger partial charge < -0.3 is 15.1 Å². The summed E-state index contributed by atoms with van der Waals surface area (Å²) in [6, 6.07) is 14.7. The van der Waals surface area contributed by atoms with E-state index in [1.165, 1.54) is 0 Å². The number of anilines is 1.